The summed E-state index contributed by atoms with van der Waals surface area (Å²) < 4.78 is 36.1. The fourth-order valence-electron chi connectivity index (χ4n) is 3.74. The van der Waals surface area contributed by atoms with Crippen LogP contribution in [-0.4, -0.2) is 14.4 Å². The molecule has 1 heterocycles. The zero-order valence-corrected chi connectivity index (χ0v) is 17.8. The summed E-state index contributed by atoms with van der Waals surface area (Å²) in [5.74, 6) is -1.19. The molecule has 4 aromatic rings. The largest absolute Gasteiger partial charge is 0.572 e. The Labute approximate surface area is 174 Å². The van der Waals surface area contributed by atoms with E-state index in [2.05, 4.69) is 4.72 Å². The van der Waals surface area contributed by atoms with E-state index in [1.165, 1.54) is 13.0 Å². The highest BCUT2D eigenvalue weighted by Crippen LogP contribution is 2.41. The number of carboxylic acids is 1. The molecule has 1 aromatic heterocycles. The second-order valence-electron chi connectivity index (χ2n) is 7.41. The average molecular weight is 421 g/mol. The van der Waals surface area contributed by atoms with Gasteiger partial charge in [-0.1, -0.05) is 36.4 Å². The number of carbonyl (C=O) groups excluding carboxylic acids is 1. The van der Waals surface area contributed by atoms with Gasteiger partial charge in [0.1, 0.15) is 21.4 Å². The number of sulfonamides is 1. The van der Waals surface area contributed by atoms with Crippen molar-refractivity contribution in [1.82, 2.24) is 0 Å². The molecule has 0 N–H and O–H groups in total. The molecule has 6 nitrogen and oxygen atoms in total. The molecule has 0 radical (unpaired) electrons. The number of hydrogen-bond donors (Lipinski definition) is 0. The van der Waals surface area contributed by atoms with Gasteiger partial charge in [-0.15, -0.1) is 5.69 Å². The molecule has 30 heavy (non-hydrogen) atoms. The van der Waals surface area contributed by atoms with Gasteiger partial charge in [0.25, 0.3) is 0 Å². The normalized spacial score (nSPS) is 11.9. The predicted molar refractivity (Wildman–Crippen MR) is 114 cm³/mol. The van der Waals surface area contributed by atoms with Crippen LogP contribution in [0.25, 0.3) is 26.5 Å². The Kier molecular flexibility index (Phi) is 4.58. The van der Waals surface area contributed by atoms with Gasteiger partial charge in [0, 0.05) is 16.3 Å². The third-order valence-electron chi connectivity index (χ3n) is 5.34. The molecule has 3 aromatic carbocycles. The fourth-order valence-corrected chi connectivity index (χ4v) is 5.04. The van der Waals surface area contributed by atoms with Crippen molar-refractivity contribution >= 4 is 43.4 Å². The Morgan fingerprint density at radius 3 is 2.20 bits per heavy atom. The van der Waals surface area contributed by atoms with E-state index >= 15 is 0 Å². The first kappa shape index (κ1) is 20.0. The van der Waals surface area contributed by atoms with Crippen molar-refractivity contribution in [2.24, 2.45) is 0 Å². The van der Waals surface area contributed by atoms with Gasteiger partial charge in [0.05, 0.1) is 10.9 Å². The molecule has 0 aliphatic rings. The quantitative estimate of drug-likeness (QED) is 0.480. The molecular formula is C23H19NO5S-2. The van der Waals surface area contributed by atoms with E-state index in [0.717, 1.165) is 11.1 Å². The maximum Gasteiger partial charge on any atom is 0.142 e. The summed E-state index contributed by atoms with van der Waals surface area (Å²) in [6.45, 7) is 7.02. The van der Waals surface area contributed by atoms with Crippen molar-refractivity contribution < 1.29 is 22.7 Å². The van der Waals surface area contributed by atoms with E-state index in [9.17, 15) is 18.3 Å². The molecule has 7 heteroatoms. The molecule has 0 aliphatic heterocycles. The van der Waals surface area contributed by atoms with Crippen molar-refractivity contribution in [3.8, 4) is 0 Å². The van der Waals surface area contributed by atoms with Crippen molar-refractivity contribution in [2.75, 3.05) is 0 Å². The van der Waals surface area contributed by atoms with Gasteiger partial charge in [-0.25, -0.2) is 8.42 Å². The Morgan fingerprint density at radius 2 is 1.53 bits per heavy atom. The van der Waals surface area contributed by atoms with Crippen LogP contribution in [0.1, 0.15) is 32.8 Å². The smallest absolute Gasteiger partial charge is 0.142 e. The van der Waals surface area contributed by atoms with E-state index < -0.39 is 16.0 Å². The molecule has 0 unspecified atom stereocenters. The SMILES string of the molecule is Cc1cc(C)c(S(=O)(=O)[N-]c2cc3c(C(=O)[O-])c(C)oc3c3ccccc23)cc1C. The molecule has 0 atom stereocenters. The predicted octanol–water partition coefficient (Wildman–Crippen LogP) is 4.58. The molecular weight excluding hydrogens is 402 g/mol. The van der Waals surface area contributed by atoms with Crippen molar-refractivity contribution in [3.05, 3.63) is 75.2 Å². The summed E-state index contributed by atoms with van der Waals surface area (Å²) in [7, 11) is -4.04. The fraction of sp³-hybridized carbons (Fsp3) is 0.174. The minimum Gasteiger partial charge on any atom is -0.572 e. The van der Waals surface area contributed by atoms with Crippen LogP contribution in [0.3, 0.4) is 0 Å². The lowest BCUT2D eigenvalue weighted by atomic mass is 10.0. The number of hydrogen-bond acceptors (Lipinski definition) is 5. The molecule has 0 saturated carbocycles. The highest BCUT2D eigenvalue weighted by atomic mass is 32.2. The van der Waals surface area contributed by atoms with Crippen molar-refractivity contribution in [2.45, 2.75) is 32.6 Å². The highest BCUT2D eigenvalue weighted by Gasteiger charge is 2.17. The Balaban J connectivity index is 1.97. The number of aryl methyl sites for hydroxylation is 4. The lowest BCUT2D eigenvalue weighted by Crippen LogP contribution is -2.22. The summed E-state index contributed by atoms with van der Waals surface area (Å²) in [4.78, 5) is 11.8. The van der Waals surface area contributed by atoms with Crippen molar-refractivity contribution in [3.63, 3.8) is 0 Å². The summed E-state index contributed by atoms with van der Waals surface area (Å²) in [6.07, 6.45) is 0. The van der Waals surface area contributed by atoms with E-state index in [0.29, 0.717) is 21.9 Å². The molecule has 4 rings (SSSR count). The number of furan rings is 1. The number of carboxylic acid groups (broad SMARTS) is 1. The van der Waals surface area contributed by atoms with Crippen molar-refractivity contribution in [1.29, 1.82) is 0 Å². The minimum absolute atomic E-state index is 0.105. The second kappa shape index (κ2) is 6.88. The number of rotatable bonds is 4. The lowest BCUT2D eigenvalue weighted by Gasteiger charge is -2.26. The van der Waals surface area contributed by atoms with Crippen LogP contribution in [0.4, 0.5) is 5.69 Å². The number of nitrogens with zero attached hydrogens (tertiary/aromatic N) is 1. The summed E-state index contributed by atoms with van der Waals surface area (Å²) in [5, 5.41) is 13.0. The van der Waals surface area contributed by atoms with Crippen LogP contribution in [-0.2, 0) is 10.0 Å². The summed E-state index contributed by atoms with van der Waals surface area (Å²) >= 11 is 0. The zero-order chi connectivity index (χ0) is 21.8. The van der Waals surface area contributed by atoms with Crippen LogP contribution >= 0.6 is 0 Å². The summed E-state index contributed by atoms with van der Waals surface area (Å²) in [6, 6.07) is 11.9. The minimum atomic E-state index is -4.04. The maximum atomic E-state index is 13.2. The van der Waals surface area contributed by atoms with Gasteiger partial charge in [-0.2, -0.15) is 0 Å². The molecule has 0 saturated heterocycles. The van der Waals surface area contributed by atoms with Crippen LogP contribution < -0.4 is 5.11 Å². The third-order valence-corrected chi connectivity index (χ3v) is 6.77. The third kappa shape index (κ3) is 3.11. The Bertz CT molecular complexity index is 1450. The molecule has 0 aliphatic carbocycles. The molecule has 154 valence electrons. The second-order valence-corrected chi connectivity index (χ2v) is 8.98. The topological polar surface area (TPSA) is 102 Å². The van der Waals surface area contributed by atoms with Gasteiger partial charge in [-0.05, 0) is 55.8 Å². The van der Waals surface area contributed by atoms with E-state index in [-0.39, 0.29) is 27.3 Å². The Morgan fingerprint density at radius 1 is 0.900 bits per heavy atom. The molecule has 0 amide bonds. The first-order valence-electron chi connectivity index (χ1n) is 9.32. The number of benzene rings is 3. The number of fused-ring (bicyclic) bond motifs is 3. The van der Waals surface area contributed by atoms with Gasteiger partial charge in [0.15, 0.2) is 0 Å². The Hall–Kier alpha value is -3.32. The monoisotopic (exact) mass is 421 g/mol. The van der Waals surface area contributed by atoms with Gasteiger partial charge in [0.2, 0.25) is 0 Å². The maximum absolute atomic E-state index is 13.2. The van der Waals surface area contributed by atoms with Crippen LogP contribution in [0.2, 0.25) is 0 Å². The van der Waals surface area contributed by atoms with E-state index in [4.69, 9.17) is 4.42 Å². The van der Waals surface area contributed by atoms with Crippen LogP contribution in [0.15, 0.2) is 51.8 Å². The summed E-state index contributed by atoms with van der Waals surface area (Å²) in [5.41, 5.74) is 2.85. The standard InChI is InChI=1S/C23H20NO5S/c1-12-9-14(3)20(10-13(12)2)30(27,28)24-19-11-18-21(23(25)26)15(4)29-22(18)17-8-6-5-7-16(17)19/h5-11H,1-4H3,(H,25,26)/q-1/p-1. The van der Waals surface area contributed by atoms with E-state index in [1.54, 1.807) is 37.3 Å². The zero-order valence-electron chi connectivity index (χ0n) is 16.9. The molecule has 0 fully saturated rings. The van der Waals surface area contributed by atoms with E-state index in [1.807, 2.05) is 19.9 Å². The molecule has 0 bridgehead atoms. The van der Waals surface area contributed by atoms with Gasteiger partial charge in [-0.3, -0.25) is 0 Å². The number of aromatic carboxylic acids is 1. The first-order chi connectivity index (χ1) is 14.1. The highest BCUT2D eigenvalue weighted by molar-refractivity contribution is 7.94. The van der Waals surface area contributed by atoms with Gasteiger partial charge < -0.3 is 19.0 Å². The van der Waals surface area contributed by atoms with Gasteiger partial charge >= 0.3 is 0 Å². The van der Waals surface area contributed by atoms with Crippen LogP contribution in [0.5, 0.6) is 0 Å². The average Bonchev–Trinajstić information content (AvgIpc) is 3.00. The lowest BCUT2D eigenvalue weighted by molar-refractivity contribution is -0.254. The van der Waals surface area contributed by atoms with Crippen LogP contribution in [0, 0.1) is 27.7 Å². The molecule has 0 spiro atoms. The first-order valence-corrected chi connectivity index (χ1v) is 10.8. The number of carbonyl (C=O) groups is 1.